The van der Waals surface area contributed by atoms with Crippen molar-refractivity contribution in [1.82, 2.24) is 9.80 Å². The van der Waals surface area contributed by atoms with Crippen molar-refractivity contribution in [1.29, 1.82) is 0 Å². The van der Waals surface area contributed by atoms with Gasteiger partial charge in [-0.1, -0.05) is 13.3 Å². The molecule has 5 heteroatoms. The van der Waals surface area contributed by atoms with Crippen LogP contribution in [0, 0.1) is 0 Å². The van der Waals surface area contributed by atoms with Crippen LogP contribution in [0.4, 0.5) is 0 Å². The Balaban J connectivity index is 1.89. The molecule has 1 aromatic carbocycles. The first-order valence-corrected chi connectivity index (χ1v) is 7.46. The Morgan fingerprint density at radius 1 is 1.19 bits per heavy atom. The number of unbranched alkanes of at least 4 members (excludes halogenated alkanes) is 1. The predicted octanol–water partition coefficient (Wildman–Crippen LogP) is 1.78. The van der Waals surface area contributed by atoms with E-state index in [0.717, 1.165) is 25.0 Å². The van der Waals surface area contributed by atoms with Gasteiger partial charge in [0.2, 0.25) is 6.41 Å². The average Bonchev–Trinajstić information content (AvgIpc) is 2.55. The van der Waals surface area contributed by atoms with Crippen molar-refractivity contribution < 1.29 is 14.3 Å². The molecule has 0 N–H and O–H groups in total. The molecule has 1 aromatic rings. The standard InChI is InChI=1S/C16H22N2O3/c1-2-3-12-21-15-6-4-14(5-7-15)16(20)18-10-8-17(13-19)9-11-18/h4-7,13H,2-3,8-12H2,1H3. The first-order chi connectivity index (χ1) is 10.2. The van der Waals surface area contributed by atoms with E-state index in [1.807, 2.05) is 12.1 Å². The van der Waals surface area contributed by atoms with Gasteiger partial charge in [-0.05, 0) is 30.7 Å². The zero-order valence-electron chi connectivity index (χ0n) is 12.5. The van der Waals surface area contributed by atoms with Gasteiger partial charge in [0, 0.05) is 31.7 Å². The molecule has 1 fully saturated rings. The van der Waals surface area contributed by atoms with Gasteiger partial charge in [0.05, 0.1) is 6.61 Å². The van der Waals surface area contributed by atoms with Gasteiger partial charge in [-0.15, -0.1) is 0 Å². The van der Waals surface area contributed by atoms with E-state index in [4.69, 9.17) is 4.74 Å². The number of nitrogens with zero attached hydrogens (tertiary/aromatic N) is 2. The maximum absolute atomic E-state index is 12.3. The van der Waals surface area contributed by atoms with Gasteiger partial charge < -0.3 is 14.5 Å². The zero-order chi connectivity index (χ0) is 15.1. The van der Waals surface area contributed by atoms with E-state index in [1.165, 1.54) is 0 Å². The van der Waals surface area contributed by atoms with Crippen LogP contribution in [-0.2, 0) is 4.79 Å². The minimum Gasteiger partial charge on any atom is -0.494 e. The van der Waals surface area contributed by atoms with Crippen molar-refractivity contribution in [3.05, 3.63) is 29.8 Å². The molecule has 0 unspecified atom stereocenters. The van der Waals surface area contributed by atoms with E-state index >= 15 is 0 Å². The van der Waals surface area contributed by atoms with Gasteiger partial charge in [-0.3, -0.25) is 9.59 Å². The molecule has 0 bridgehead atoms. The molecule has 5 nitrogen and oxygen atoms in total. The molecule has 0 aliphatic carbocycles. The minimum absolute atomic E-state index is 0.0145. The molecule has 1 heterocycles. The van der Waals surface area contributed by atoms with E-state index in [9.17, 15) is 9.59 Å². The normalized spacial score (nSPS) is 14.9. The Bertz CT molecular complexity index is 465. The molecule has 0 saturated carbocycles. The molecule has 0 aromatic heterocycles. The first kappa shape index (κ1) is 15.4. The average molecular weight is 290 g/mol. The monoisotopic (exact) mass is 290 g/mol. The second-order valence-corrected chi connectivity index (χ2v) is 5.16. The Hall–Kier alpha value is -2.04. The summed E-state index contributed by atoms with van der Waals surface area (Å²) in [6, 6.07) is 7.28. The van der Waals surface area contributed by atoms with Gasteiger partial charge in [0.1, 0.15) is 5.75 Å². The van der Waals surface area contributed by atoms with Gasteiger partial charge in [-0.25, -0.2) is 0 Å². The number of hydrogen-bond acceptors (Lipinski definition) is 3. The lowest BCUT2D eigenvalue weighted by Crippen LogP contribution is -2.48. The van der Waals surface area contributed by atoms with Crippen LogP contribution in [-0.4, -0.2) is 54.9 Å². The Morgan fingerprint density at radius 2 is 1.86 bits per heavy atom. The fraction of sp³-hybridized carbons (Fsp3) is 0.500. The summed E-state index contributed by atoms with van der Waals surface area (Å²) >= 11 is 0. The van der Waals surface area contributed by atoms with Gasteiger partial charge in [0.25, 0.3) is 5.91 Å². The number of piperazine rings is 1. The van der Waals surface area contributed by atoms with E-state index in [-0.39, 0.29) is 5.91 Å². The summed E-state index contributed by atoms with van der Waals surface area (Å²) in [6.45, 7) is 5.21. The molecule has 1 aliphatic rings. The number of amides is 2. The summed E-state index contributed by atoms with van der Waals surface area (Å²) in [6.07, 6.45) is 2.97. The second-order valence-electron chi connectivity index (χ2n) is 5.16. The molecule has 2 amide bonds. The summed E-state index contributed by atoms with van der Waals surface area (Å²) in [5, 5.41) is 0. The van der Waals surface area contributed by atoms with Crippen LogP contribution in [0.5, 0.6) is 5.75 Å². The summed E-state index contributed by atoms with van der Waals surface area (Å²) in [5.74, 6) is 0.812. The molecular formula is C16H22N2O3. The van der Waals surface area contributed by atoms with Crippen molar-refractivity contribution in [2.75, 3.05) is 32.8 Å². The third-order valence-electron chi connectivity index (χ3n) is 3.62. The van der Waals surface area contributed by atoms with Crippen LogP contribution < -0.4 is 4.74 Å². The van der Waals surface area contributed by atoms with E-state index < -0.39 is 0 Å². The van der Waals surface area contributed by atoms with Crippen molar-refractivity contribution in [2.24, 2.45) is 0 Å². The lowest BCUT2D eigenvalue weighted by atomic mass is 10.1. The third kappa shape index (κ3) is 4.21. The fourth-order valence-electron chi connectivity index (χ4n) is 2.24. The molecular weight excluding hydrogens is 268 g/mol. The highest BCUT2D eigenvalue weighted by molar-refractivity contribution is 5.94. The van der Waals surface area contributed by atoms with Crippen LogP contribution in [0.15, 0.2) is 24.3 Å². The molecule has 1 saturated heterocycles. The largest absolute Gasteiger partial charge is 0.494 e. The summed E-state index contributed by atoms with van der Waals surface area (Å²) in [5.41, 5.74) is 0.664. The smallest absolute Gasteiger partial charge is 0.253 e. The minimum atomic E-state index is 0.0145. The van der Waals surface area contributed by atoms with Crippen molar-refractivity contribution in [3.8, 4) is 5.75 Å². The lowest BCUT2D eigenvalue weighted by Gasteiger charge is -2.32. The zero-order valence-corrected chi connectivity index (χ0v) is 12.5. The van der Waals surface area contributed by atoms with Crippen molar-refractivity contribution in [2.45, 2.75) is 19.8 Å². The highest BCUT2D eigenvalue weighted by atomic mass is 16.5. The Kier molecular flexibility index (Phi) is 5.60. The van der Waals surface area contributed by atoms with Crippen LogP contribution in [0.2, 0.25) is 0 Å². The maximum Gasteiger partial charge on any atom is 0.253 e. The summed E-state index contributed by atoms with van der Waals surface area (Å²) in [7, 11) is 0. The number of benzene rings is 1. The number of carbonyl (C=O) groups is 2. The van der Waals surface area contributed by atoms with Crippen LogP contribution in [0.25, 0.3) is 0 Å². The number of carbonyl (C=O) groups excluding carboxylic acids is 2. The molecule has 0 atom stereocenters. The summed E-state index contributed by atoms with van der Waals surface area (Å²) < 4.78 is 5.58. The second kappa shape index (κ2) is 7.67. The van der Waals surface area contributed by atoms with Crippen LogP contribution >= 0.6 is 0 Å². The predicted molar refractivity (Wildman–Crippen MR) is 80.4 cm³/mol. The molecule has 0 radical (unpaired) electrons. The molecule has 2 rings (SSSR count). The summed E-state index contributed by atoms with van der Waals surface area (Å²) in [4.78, 5) is 26.5. The van der Waals surface area contributed by atoms with E-state index in [0.29, 0.717) is 38.3 Å². The highest BCUT2D eigenvalue weighted by Gasteiger charge is 2.21. The first-order valence-electron chi connectivity index (χ1n) is 7.46. The molecule has 114 valence electrons. The number of hydrogen-bond donors (Lipinski definition) is 0. The maximum atomic E-state index is 12.3. The third-order valence-corrected chi connectivity index (χ3v) is 3.62. The topological polar surface area (TPSA) is 49.9 Å². The number of rotatable bonds is 6. The number of ether oxygens (including phenoxy) is 1. The van der Waals surface area contributed by atoms with Crippen molar-refractivity contribution >= 4 is 12.3 Å². The highest BCUT2D eigenvalue weighted by Crippen LogP contribution is 2.15. The molecule has 0 spiro atoms. The van der Waals surface area contributed by atoms with Crippen molar-refractivity contribution in [3.63, 3.8) is 0 Å². The van der Waals surface area contributed by atoms with Crippen LogP contribution in [0.1, 0.15) is 30.1 Å². The molecule has 1 aliphatic heterocycles. The molecule has 21 heavy (non-hydrogen) atoms. The SMILES string of the molecule is CCCCOc1ccc(C(=O)N2CCN(C=O)CC2)cc1. The van der Waals surface area contributed by atoms with E-state index in [1.54, 1.807) is 21.9 Å². The van der Waals surface area contributed by atoms with Crippen LogP contribution in [0.3, 0.4) is 0 Å². The Labute approximate surface area is 125 Å². The van der Waals surface area contributed by atoms with Gasteiger partial charge >= 0.3 is 0 Å². The van der Waals surface area contributed by atoms with Gasteiger partial charge in [-0.2, -0.15) is 0 Å². The Morgan fingerprint density at radius 3 is 2.43 bits per heavy atom. The quantitative estimate of drug-likeness (QED) is 0.593. The lowest BCUT2D eigenvalue weighted by molar-refractivity contribution is -0.119. The van der Waals surface area contributed by atoms with E-state index in [2.05, 4.69) is 6.92 Å². The fourth-order valence-corrected chi connectivity index (χ4v) is 2.24. The van der Waals surface area contributed by atoms with Gasteiger partial charge in [0.15, 0.2) is 0 Å².